The van der Waals surface area contributed by atoms with Crippen molar-refractivity contribution in [1.82, 2.24) is 4.98 Å². The number of methoxy groups -OCH3 is 1. The first-order chi connectivity index (χ1) is 10.5. The average molecular weight is 311 g/mol. The molecule has 0 aliphatic carbocycles. The van der Waals surface area contributed by atoms with E-state index in [0.717, 1.165) is 0 Å². The van der Waals surface area contributed by atoms with Crippen LogP contribution in [0.15, 0.2) is 36.4 Å². The Balaban J connectivity index is 2.44. The maximum absolute atomic E-state index is 13.0. The molecule has 0 saturated carbocycles. The standard InChI is InChI=1S/C15H12F3NO3/c1-21-15(20)11-6-7-12(22-8-13(17)18)14(19-11)9-2-4-10(16)5-3-9/h2-7,13H,8H2,1H3. The molecule has 1 heterocycles. The van der Waals surface area contributed by atoms with Gasteiger partial charge in [-0.2, -0.15) is 0 Å². The number of rotatable bonds is 5. The molecule has 2 rings (SSSR count). The van der Waals surface area contributed by atoms with Crippen LogP contribution in [-0.2, 0) is 4.74 Å². The minimum atomic E-state index is -2.65. The van der Waals surface area contributed by atoms with Crippen molar-refractivity contribution in [2.45, 2.75) is 6.43 Å². The molecule has 22 heavy (non-hydrogen) atoms. The molecule has 1 aromatic carbocycles. The minimum absolute atomic E-state index is 0.00813. The predicted molar refractivity (Wildman–Crippen MR) is 72.5 cm³/mol. The molecule has 0 bridgehead atoms. The molecule has 1 aromatic heterocycles. The van der Waals surface area contributed by atoms with Gasteiger partial charge in [0.05, 0.1) is 7.11 Å². The van der Waals surface area contributed by atoms with Gasteiger partial charge < -0.3 is 9.47 Å². The van der Waals surface area contributed by atoms with Crippen molar-refractivity contribution in [2.75, 3.05) is 13.7 Å². The van der Waals surface area contributed by atoms with Crippen molar-refractivity contribution < 1.29 is 27.4 Å². The Kier molecular flexibility index (Phi) is 4.98. The second-order valence-electron chi connectivity index (χ2n) is 4.24. The van der Waals surface area contributed by atoms with E-state index >= 15 is 0 Å². The molecular formula is C15H12F3NO3. The number of pyridine rings is 1. The van der Waals surface area contributed by atoms with E-state index in [4.69, 9.17) is 4.74 Å². The number of carbonyl (C=O) groups is 1. The number of carbonyl (C=O) groups excluding carboxylic acids is 1. The molecule has 0 aliphatic rings. The van der Waals surface area contributed by atoms with Crippen LogP contribution in [0.25, 0.3) is 11.3 Å². The highest BCUT2D eigenvalue weighted by molar-refractivity contribution is 5.88. The Labute approximate surface area is 124 Å². The molecule has 4 nitrogen and oxygen atoms in total. The van der Waals surface area contributed by atoms with Crippen molar-refractivity contribution in [3.05, 3.63) is 47.9 Å². The highest BCUT2D eigenvalue weighted by atomic mass is 19.3. The van der Waals surface area contributed by atoms with Crippen LogP contribution in [0.2, 0.25) is 0 Å². The summed E-state index contributed by atoms with van der Waals surface area (Å²) in [6.07, 6.45) is -2.65. The lowest BCUT2D eigenvalue weighted by Gasteiger charge is -2.12. The van der Waals surface area contributed by atoms with Crippen LogP contribution in [-0.4, -0.2) is 31.1 Å². The molecule has 7 heteroatoms. The number of aromatic nitrogens is 1. The highest BCUT2D eigenvalue weighted by Crippen LogP contribution is 2.29. The monoisotopic (exact) mass is 311 g/mol. The average Bonchev–Trinajstić information content (AvgIpc) is 2.52. The van der Waals surface area contributed by atoms with Gasteiger partial charge in [0.15, 0.2) is 0 Å². The van der Waals surface area contributed by atoms with Crippen molar-refractivity contribution in [3.63, 3.8) is 0 Å². The van der Waals surface area contributed by atoms with Crippen LogP contribution in [0.4, 0.5) is 13.2 Å². The number of hydrogen-bond acceptors (Lipinski definition) is 4. The SMILES string of the molecule is COC(=O)c1ccc(OCC(F)F)c(-c2ccc(F)cc2)n1. The fourth-order valence-electron chi connectivity index (χ4n) is 1.75. The van der Waals surface area contributed by atoms with Gasteiger partial charge in [-0.05, 0) is 36.4 Å². The molecule has 0 spiro atoms. The van der Waals surface area contributed by atoms with E-state index in [0.29, 0.717) is 5.56 Å². The molecule has 0 unspecified atom stereocenters. The van der Waals surface area contributed by atoms with Crippen LogP contribution in [0.1, 0.15) is 10.5 Å². The van der Waals surface area contributed by atoms with Gasteiger partial charge in [0.2, 0.25) is 0 Å². The van der Waals surface area contributed by atoms with Crippen molar-refractivity contribution in [3.8, 4) is 17.0 Å². The van der Waals surface area contributed by atoms with Crippen molar-refractivity contribution >= 4 is 5.97 Å². The maximum Gasteiger partial charge on any atom is 0.356 e. The Bertz CT molecular complexity index is 660. The van der Waals surface area contributed by atoms with Crippen LogP contribution >= 0.6 is 0 Å². The number of benzene rings is 1. The molecule has 0 fully saturated rings. The minimum Gasteiger partial charge on any atom is -0.485 e. The summed E-state index contributed by atoms with van der Waals surface area (Å²) in [6, 6.07) is 7.86. The van der Waals surface area contributed by atoms with E-state index in [2.05, 4.69) is 9.72 Å². The Morgan fingerprint density at radius 3 is 2.45 bits per heavy atom. The molecule has 0 N–H and O–H groups in total. The molecular weight excluding hydrogens is 299 g/mol. The summed E-state index contributed by atoms with van der Waals surface area (Å²) in [5, 5.41) is 0. The van der Waals surface area contributed by atoms with Gasteiger partial charge in [-0.3, -0.25) is 0 Å². The number of alkyl halides is 2. The van der Waals surface area contributed by atoms with E-state index in [9.17, 15) is 18.0 Å². The lowest BCUT2D eigenvalue weighted by Crippen LogP contribution is -2.10. The number of hydrogen-bond donors (Lipinski definition) is 0. The first kappa shape index (κ1) is 15.8. The molecule has 0 atom stereocenters. The van der Waals surface area contributed by atoms with Gasteiger partial charge >= 0.3 is 5.97 Å². The van der Waals surface area contributed by atoms with Gasteiger partial charge in [-0.25, -0.2) is 22.9 Å². The molecule has 0 aliphatic heterocycles. The lowest BCUT2D eigenvalue weighted by molar-refractivity contribution is 0.0593. The van der Waals surface area contributed by atoms with E-state index in [-0.39, 0.29) is 17.1 Å². The van der Waals surface area contributed by atoms with Gasteiger partial charge in [0.1, 0.15) is 29.6 Å². The largest absolute Gasteiger partial charge is 0.485 e. The number of esters is 1. The first-order valence-corrected chi connectivity index (χ1v) is 6.27. The Morgan fingerprint density at radius 2 is 1.86 bits per heavy atom. The Hall–Kier alpha value is -2.57. The zero-order valence-corrected chi connectivity index (χ0v) is 11.6. The predicted octanol–water partition coefficient (Wildman–Crippen LogP) is 3.32. The van der Waals surface area contributed by atoms with Gasteiger partial charge in [-0.1, -0.05) is 0 Å². The number of halogens is 3. The van der Waals surface area contributed by atoms with Crippen LogP contribution in [0.5, 0.6) is 5.75 Å². The van der Waals surface area contributed by atoms with Crippen LogP contribution in [0, 0.1) is 5.82 Å². The molecule has 0 radical (unpaired) electrons. The van der Waals surface area contributed by atoms with E-state index < -0.39 is 24.8 Å². The fourth-order valence-corrected chi connectivity index (χ4v) is 1.75. The summed E-state index contributed by atoms with van der Waals surface area (Å²) in [4.78, 5) is 15.6. The Morgan fingerprint density at radius 1 is 1.18 bits per heavy atom. The zero-order valence-electron chi connectivity index (χ0n) is 11.6. The summed E-state index contributed by atoms with van der Waals surface area (Å²) in [7, 11) is 1.20. The first-order valence-electron chi connectivity index (χ1n) is 6.27. The second-order valence-corrected chi connectivity index (χ2v) is 4.24. The second kappa shape index (κ2) is 6.93. The third-order valence-electron chi connectivity index (χ3n) is 2.74. The topological polar surface area (TPSA) is 48.4 Å². The van der Waals surface area contributed by atoms with Crippen molar-refractivity contribution in [2.24, 2.45) is 0 Å². The molecule has 116 valence electrons. The lowest BCUT2D eigenvalue weighted by atomic mass is 10.1. The maximum atomic E-state index is 13.0. The van der Waals surface area contributed by atoms with Gasteiger partial charge in [0.25, 0.3) is 6.43 Å². The van der Waals surface area contributed by atoms with E-state index in [1.54, 1.807) is 0 Å². The quantitative estimate of drug-likeness (QED) is 0.795. The summed E-state index contributed by atoms with van der Waals surface area (Å²) >= 11 is 0. The number of ether oxygens (including phenoxy) is 2. The normalized spacial score (nSPS) is 10.6. The summed E-state index contributed by atoms with van der Waals surface area (Å²) in [5.74, 6) is -1.06. The van der Waals surface area contributed by atoms with Gasteiger partial charge in [-0.15, -0.1) is 0 Å². The number of nitrogens with zero attached hydrogens (tertiary/aromatic N) is 1. The summed E-state index contributed by atoms with van der Waals surface area (Å²) < 4.78 is 47.2. The third-order valence-corrected chi connectivity index (χ3v) is 2.74. The van der Waals surface area contributed by atoms with E-state index in [1.165, 1.54) is 43.5 Å². The summed E-state index contributed by atoms with van der Waals surface area (Å²) in [6.45, 7) is -0.812. The smallest absolute Gasteiger partial charge is 0.356 e. The van der Waals surface area contributed by atoms with E-state index in [1.807, 2.05) is 0 Å². The fraction of sp³-hybridized carbons (Fsp3) is 0.200. The van der Waals surface area contributed by atoms with Crippen LogP contribution in [0.3, 0.4) is 0 Å². The highest BCUT2D eigenvalue weighted by Gasteiger charge is 2.15. The molecule has 2 aromatic rings. The summed E-state index contributed by atoms with van der Waals surface area (Å²) in [5.41, 5.74) is 0.575. The van der Waals surface area contributed by atoms with Crippen LogP contribution < -0.4 is 4.74 Å². The van der Waals surface area contributed by atoms with Crippen molar-refractivity contribution in [1.29, 1.82) is 0 Å². The molecule has 0 saturated heterocycles. The zero-order chi connectivity index (χ0) is 16.1. The van der Waals surface area contributed by atoms with Gasteiger partial charge in [0, 0.05) is 5.56 Å². The third kappa shape index (κ3) is 3.75. The molecule has 0 amide bonds.